The highest BCUT2D eigenvalue weighted by Crippen LogP contribution is 2.22. The number of piperidine rings is 1. The van der Waals surface area contributed by atoms with E-state index in [1.165, 1.54) is 11.8 Å². The van der Waals surface area contributed by atoms with Gasteiger partial charge in [-0.05, 0) is 40.0 Å². The number of carbonyl (C=O) groups is 4. The molecular formula is C13H19NO5. The summed E-state index contributed by atoms with van der Waals surface area (Å²) in [5, 5.41) is 0. The molecule has 1 amide bonds. The molecule has 0 aliphatic carbocycles. The first-order valence-corrected chi connectivity index (χ1v) is 6.48. The monoisotopic (exact) mass is 269 g/mol. The molecule has 1 rings (SSSR count). The van der Waals surface area contributed by atoms with Crippen molar-refractivity contribution in [2.75, 3.05) is 6.61 Å². The molecule has 0 N–H and O–H groups in total. The zero-order chi connectivity index (χ0) is 14.6. The van der Waals surface area contributed by atoms with Crippen molar-refractivity contribution in [3.8, 4) is 0 Å². The summed E-state index contributed by atoms with van der Waals surface area (Å²) in [6, 6.07) is -0.203. The summed E-state index contributed by atoms with van der Waals surface area (Å²) in [6.45, 7) is 5.17. The van der Waals surface area contributed by atoms with E-state index in [2.05, 4.69) is 4.74 Å². The second-order valence-corrected chi connectivity index (χ2v) is 4.72. The number of nitrogens with zero attached hydrogens (tertiary/aromatic N) is 1. The summed E-state index contributed by atoms with van der Waals surface area (Å²) in [5.41, 5.74) is 0. The predicted octanol–water partition coefficient (Wildman–Crippen LogP) is 0.477. The number of ketones is 2. The van der Waals surface area contributed by atoms with Crippen molar-refractivity contribution < 1.29 is 23.9 Å². The molecule has 6 nitrogen and oxygen atoms in total. The van der Waals surface area contributed by atoms with E-state index in [0.717, 1.165) is 19.3 Å². The molecule has 0 radical (unpaired) electrons. The molecule has 0 bridgehead atoms. The van der Waals surface area contributed by atoms with Crippen LogP contribution in [0.4, 0.5) is 0 Å². The molecule has 0 saturated carbocycles. The Kier molecular flexibility index (Phi) is 5.20. The van der Waals surface area contributed by atoms with Crippen molar-refractivity contribution in [3.05, 3.63) is 0 Å². The van der Waals surface area contributed by atoms with Crippen LogP contribution in [0.2, 0.25) is 0 Å². The number of likely N-dealkylation sites (tertiary alicyclic amines) is 1. The molecule has 1 aliphatic heterocycles. The van der Waals surface area contributed by atoms with Gasteiger partial charge >= 0.3 is 11.8 Å². The molecule has 2 atom stereocenters. The Labute approximate surface area is 112 Å². The van der Waals surface area contributed by atoms with Crippen molar-refractivity contribution in [2.45, 2.75) is 52.1 Å². The van der Waals surface area contributed by atoms with Gasteiger partial charge < -0.3 is 9.64 Å². The van der Waals surface area contributed by atoms with E-state index in [-0.39, 0.29) is 18.7 Å². The van der Waals surface area contributed by atoms with Crippen LogP contribution in [0.5, 0.6) is 0 Å². The summed E-state index contributed by atoms with van der Waals surface area (Å²) in [6.07, 6.45) is 2.56. The first-order valence-electron chi connectivity index (χ1n) is 6.48. The fourth-order valence-electron chi connectivity index (χ4n) is 2.33. The quantitative estimate of drug-likeness (QED) is 0.421. The van der Waals surface area contributed by atoms with E-state index in [4.69, 9.17) is 0 Å². The summed E-state index contributed by atoms with van der Waals surface area (Å²) >= 11 is 0. The normalized spacial score (nSPS) is 22.8. The van der Waals surface area contributed by atoms with E-state index in [1.54, 1.807) is 0 Å². The fraction of sp³-hybridized carbons (Fsp3) is 0.692. The van der Waals surface area contributed by atoms with Crippen LogP contribution in [-0.4, -0.2) is 47.0 Å². The maximum Gasteiger partial charge on any atom is 0.383 e. The van der Waals surface area contributed by atoms with E-state index in [0.29, 0.717) is 0 Å². The van der Waals surface area contributed by atoms with Gasteiger partial charge in [0.15, 0.2) is 0 Å². The molecule has 1 saturated heterocycles. The third-order valence-electron chi connectivity index (χ3n) is 3.29. The smallest absolute Gasteiger partial charge is 0.383 e. The van der Waals surface area contributed by atoms with Crippen LogP contribution in [-0.2, 0) is 23.9 Å². The van der Waals surface area contributed by atoms with Crippen LogP contribution in [0.15, 0.2) is 0 Å². The predicted molar refractivity (Wildman–Crippen MR) is 66.3 cm³/mol. The van der Waals surface area contributed by atoms with Gasteiger partial charge in [-0.3, -0.25) is 14.4 Å². The number of amides is 1. The average Bonchev–Trinajstić information content (AvgIpc) is 2.36. The zero-order valence-corrected chi connectivity index (χ0v) is 11.5. The van der Waals surface area contributed by atoms with Crippen molar-refractivity contribution >= 4 is 23.4 Å². The van der Waals surface area contributed by atoms with E-state index < -0.39 is 23.4 Å². The van der Waals surface area contributed by atoms with Crippen LogP contribution < -0.4 is 0 Å². The van der Waals surface area contributed by atoms with Crippen LogP contribution in [0.3, 0.4) is 0 Å². The maximum atomic E-state index is 12.0. The van der Waals surface area contributed by atoms with Crippen LogP contribution >= 0.6 is 0 Å². The molecule has 6 heteroatoms. The third-order valence-corrected chi connectivity index (χ3v) is 3.29. The van der Waals surface area contributed by atoms with E-state index in [9.17, 15) is 19.2 Å². The zero-order valence-electron chi connectivity index (χ0n) is 11.5. The Bertz CT molecular complexity index is 394. The van der Waals surface area contributed by atoms with Crippen molar-refractivity contribution in [2.24, 2.45) is 0 Å². The third kappa shape index (κ3) is 3.39. The highest BCUT2D eigenvalue weighted by Gasteiger charge is 2.38. The lowest BCUT2D eigenvalue weighted by Crippen LogP contribution is -2.52. The van der Waals surface area contributed by atoms with Gasteiger partial charge in [-0.25, -0.2) is 4.79 Å². The fourth-order valence-corrected chi connectivity index (χ4v) is 2.33. The van der Waals surface area contributed by atoms with Gasteiger partial charge in [-0.1, -0.05) is 0 Å². The summed E-state index contributed by atoms with van der Waals surface area (Å²) in [4.78, 5) is 47.7. The number of ether oxygens (including phenoxy) is 1. The lowest BCUT2D eigenvalue weighted by molar-refractivity contribution is -0.161. The first kappa shape index (κ1) is 15.3. The second kappa shape index (κ2) is 6.45. The molecule has 1 fully saturated rings. The SMILES string of the molecule is CCOC(=O)C(=O)C(=O)C(=O)N1C(C)CCCC1C. The number of hydrogen-bond donors (Lipinski definition) is 0. The summed E-state index contributed by atoms with van der Waals surface area (Å²) < 4.78 is 4.44. The Morgan fingerprint density at radius 1 is 1.05 bits per heavy atom. The minimum absolute atomic E-state index is 0.0113. The molecule has 106 valence electrons. The molecule has 1 heterocycles. The molecule has 0 aromatic rings. The molecule has 0 aromatic carbocycles. The number of esters is 1. The Morgan fingerprint density at radius 3 is 2.05 bits per heavy atom. The van der Waals surface area contributed by atoms with Crippen molar-refractivity contribution in [3.63, 3.8) is 0 Å². The number of hydrogen-bond acceptors (Lipinski definition) is 5. The summed E-state index contributed by atoms with van der Waals surface area (Å²) in [5.74, 6) is -4.87. The van der Waals surface area contributed by atoms with Gasteiger partial charge in [-0.2, -0.15) is 0 Å². The number of Topliss-reactive ketones (excluding diaryl/α,β-unsaturated/α-hetero) is 2. The minimum Gasteiger partial charge on any atom is -0.460 e. The van der Waals surface area contributed by atoms with Crippen molar-refractivity contribution in [1.29, 1.82) is 0 Å². The molecule has 19 heavy (non-hydrogen) atoms. The largest absolute Gasteiger partial charge is 0.460 e. The van der Waals surface area contributed by atoms with Gasteiger partial charge in [0.2, 0.25) is 0 Å². The van der Waals surface area contributed by atoms with Gasteiger partial charge in [0.05, 0.1) is 6.61 Å². The van der Waals surface area contributed by atoms with Gasteiger partial charge in [0, 0.05) is 12.1 Å². The lowest BCUT2D eigenvalue weighted by atomic mass is 9.96. The molecular weight excluding hydrogens is 250 g/mol. The average molecular weight is 269 g/mol. The van der Waals surface area contributed by atoms with Gasteiger partial charge in [-0.15, -0.1) is 0 Å². The second-order valence-electron chi connectivity index (χ2n) is 4.72. The molecule has 2 unspecified atom stereocenters. The Morgan fingerprint density at radius 2 is 1.58 bits per heavy atom. The van der Waals surface area contributed by atoms with Gasteiger partial charge in [0.1, 0.15) is 0 Å². The molecule has 1 aliphatic rings. The minimum atomic E-state index is -1.39. The van der Waals surface area contributed by atoms with Gasteiger partial charge in [0.25, 0.3) is 11.7 Å². The van der Waals surface area contributed by atoms with Crippen LogP contribution in [0, 0.1) is 0 Å². The highest BCUT2D eigenvalue weighted by atomic mass is 16.5. The Balaban J connectivity index is 2.78. The lowest BCUT2D eigenvalue weighted by Gasteiger charge is -2.38. The number of rotatable bonds is 4. The topological polar surface area (TPSA) is 80.8 Å². The number of carbonyl (C=O) groups excluding carboxylic acids is 4. The summed E-state index contributed by atoms with van der Waals surface area (Å²) in [7, 11) is 0. The van der Waals surface area contributed by atoms with E-state index >= 15 is 0 Å². The molecule has 0 spiro atoms. The maximum absolute atomic E-state index is 12.0. The van der Waals surface area contributed by atoms with Crippen LogP contribution in [0.1, 0.15) is 40.0 Å². The Hall–Kier alpha value is -1.72. The van der Waals surface area contributed by atoms with Crippen molar-refractivity contribution in [1.82, 2.24) is 4.90 Å². The standard InChI is InChI=1S/C13H19NO5/c1-4-19-13(18)11(16)10(15)12(17)14-8(2)6-5-7-9(14)3/h8-9H,4-7H2,1-3H3. The van der Waals surface area contributed by atoms with E-state index in [1.807, 2.05) is 13.8 Å². The molecule has 0 aromatic heterocycles. The highest BCUT2D eigenvalue weighted by molar-refractivity contribution is 6.76. The first-order chi connectivity index (χ1) is 8.90. The van der Waals surface area contributed by atoms with Crippen LogP contribution in [0.25, 0.3) is 0 Å².